The molecule has 0 heterocycles. The number of rotatable bonds is 8. The van der Waals surface area contributed by atoms with Crippen LogP contribution in [-0.2, 0) is 17.8 Å². The van der Waals surface area contributed by atoms with Crippen LogP contribution in [0.3, 0.4) is 0 Å². The van der Waals surface area contributed by atoms with Gasteiger partial charge in [-0.2, -0.15) is 0 Å². The molecule has 0 aliphatic heterocycles. The molecule has 0 fully saturated rings. The monoisotopic (exact) mass is 356 g/mol. The average molecular weight is 356 g/mol. The van der Waals surface area contributed by atoms with Crippen LogP contribution in [0.1, 0.15) is 33.5 Å². The van der Waals surface area contributed by atoms with E-state index in [2.05, 4.69) is 0 Å². The van der Waals surface area contributed by atoms with Gasteiger partial charge in [-0.05, 0) is 42.2 Å². The van der Waals surface area contributed by atoms with Crippen LogP contribution in [0.25, 0.3) is 0 Å². The number of aliphatic hydroxyl groups is 1. The van der Waals surface area contributed by atoms with E-state index >= 15 is 0 Å². The number of benzene rings is 2. The minimum Gasteiger partial charge on any atom is -0.395 e. The topological polar surface area (TPSA) is 89.9 Å². The second-order valence-electron chi connectivity index (χ2n) is 6.10. The molecular weight excluding hydrogens is 332 g/mol. The van der Waals surface area contributed by atoms with Gasteiger partial charge >= 0.3 is 0 Å². The normalized spacial score (nSPS) is 10.4. The summed E-state index contributed by atoms with van der Waals surface area (Å²) in [5.41, 5.74) is 5.06. The molecule has 0 radical (unpaired) electrons. The highest BCUT2D eigenvalue weighted by molar-refractivity contribution is 5.93. The number of carbonyl (C=O) groups is 2. The number of aryl methyl sites for hydroxylation is 2. The van der Waals surface area contributed by atoms with Gasteiger partial charge in [-0.25, -0.2) is 5.48 Å². The summed E-state index contributed by atoms with van der Waals surface area (Å²) in [5.74, 6) is -0.613. The molecule has 2 rings (SSSR count). The van der Waals surface area contributed by atoms with E-state index in [1.54, 1.807) is 34.6 Å². The molecule has 6 heteroatoms. The van der Waals surface area contributed by atoms with Crippen LogP contribution in [0.2, 0.25) is 0 Å². The van der Waals surface area contributed by atoms with Gasteiger partial charge in [0.15, 0.2) is 0 Å². The standard InChI is InChI=1S/C20H24N2O4/c1-15-4-2-3-5-17(15)10-11-19(24)22(12-13-23)14-16-6-8-18(9-7-16)20(25)21-26/h2-9,23,26H,10-14H2,1H3,(H,21,25). The Bertz CT molecular complexity index is 744. The van der Waals surface area contributed by atoms with Crippen molar-refractivity contribution >= 4 is 11.8 Å². The van der Waals surface area contributed by atoms with Crippen LogP contribution < -0.4 is 5.48 Å². The average Bonchev–Trinajstić information content (AvgIpc) is 2.66. The van der Waals surface area contributed by atoms with Crippen molar-refractivity contribution < 1.29 is 19.9 Å². The third-order valence-corrected chi connectivity index (χ3v) is 4.28. The summed E-state index contributed by atoms with van der Waals surface area (Å²) in [6.45, 7) is 2.52. The van der Waals surface area contributed by atoms with Crippen LogP contribution in [0.4, 0.5) is 0 Å². The first-order valence-corrected chi connectivity index (χ1v) is 8.51. The van der Waals surface area contributed by atoms with E-state index in [4.69, 9.17) is 5.21 Å². The van der Waals surface area contributed by atoms with Crippen LogP contribution in [0.15, 0.2) is 48.5 Å². The molecule has 0 aliphatic rings. The molecule has 0 unspecified atom stereocenters. The molecule has 0 bridgehead atoms. The van der Waals surface area contributed by atoms with Gasteiger partial charge in [0.25, 0.3) is 5.91 Å². The van der Waals surface area contributed by atoms with Gasteiger partial charge in [0.1, 0.15) is 0 Å². The van der Waals surface area contributed by atoms with Gasteiger partial charge in [0.2, 0.25) is 5.91 Å². The molecule has 0 atom stereocenters. The smallest absolute Gasteiger partial charge is 0.274 e. The van der Waals surface area contributed by atoms with Gasteiger partial charge < -0.3 is 10.0 Å². The first kappa shape index (κ1) is 19.6. The lowest BCUT2D eigenvalue weighted by Gasteiger charge is -2.22. The van der Waals surface area contributed by atoms with Crippen molar-refractivity contribution in [1.82, 2.24) is 10.4 Å². The predicted molar refractivity (Wildman–Crippen MR) is 97.7 cm³/mol. The molecule has 0 aliphatic carbocycles. The lowest BCUT2D eigenvalue weighted by molar-refractivity contribution is -0.132. The zero-order valence-corrected chi connectivity index (χ0v) is 14.8. The molecule has 0 spiro atoms. The second-order valence-corrected chi connectivity index (χ2v) is 6.10. The summed E-state index contributed by atoms with van der Waals surface area (Å²) in [7, 11) is 0. The lowest BCUT2D eigenvalue weighted by Crippen LogP contribution is -2.33. The molecule has 6 nitrogen and oxygen atoms in total. The quantitative estimate of drug-likeness (QED) is 0.499. The molecule has 26 heavy (non-hydrogen) atoms. The van der Waals surface area contributed by atoms with E-state index < -0.39 is 5.91 Å². The van der Waals surface area contributed by atoms with E-state index in [0.29, 0.717) is 24.9 Å². The predicted octanol–water partition coefficient (Wildman–Crippen LogP) is 2.07. The maximum Gasteiger partial charge on any atom is 0.274 e. The Kier molecular flexibility index (Phi) is 7.32. The Hall–Kier alpha value is -2.70. The van der Waals surface area contributed by atoms with Crippen molar-refractivity contribution in [2.75, 3.05) is 13.2 Å². The molecule has 2 aromatic carbocycles. The van der Waals surface area contributed by atoms with Crippen LogP contribution in [0, 0.1) is 6.92 Å². The van der Waals surface area contributed by atoms with Gasteiger partial charge in [0, 0.05) is 25.1 Å². The Morgan fingerprint density at radius 2 is 1.77 bits per heavy atom. The van der Waals surface area contributed by atoms with Crippen molar-refractivity contribution in [3.8, 4) is 0 Å². The molecule has 0 aromatic heterocycles. The molecule has 0 saturated heterocycles. The highest BCUT2D eigenvalue weighted by Crippen LogP contribution is 2.13. The number of nitrogens with zero attached hydrogens (tertiary/aromatic N) is 1. The van der Waals surface area contributed by atoms with Crippen molar-refractivity contribution in [1.29, 1.82) is 0 Å². The van der Waals surface area contributed by atoms with Crippen LogP contribution in [-0.4, -0.2) is 40.2 Å². The first-order chi connectivity index (χ1) is 12.5. The summed E-state index contributed by atoms with van der Waals surface area (Å²) in [4.78, 5) is 25.5. The van der Waals surface area contributed by atoms with E-state index in [9.17, 15) is 14.7 Å². The third kappa shape index (κ3) is 5.40. The molecule has 2 amide bonds. The Labute approximate surface area is 153 Å². The van der Waals surface area contributed by atoms with Crippen molar-refractivity contribution in [3.63, 3.8) is 0 Å². The molecule has 138 valence electrons. The number of amides is 2. The Balaban J connectivity index is 1.99. The minimum atomic E-state index is -0.585. The van der Waals surface area contributed by atoms with Gasteiger partial charge in [-0.3, -0.25) is 14.8 Å². The summed E-state index contributed by atoms with van der Waals surface area (Å²) in [5, 5.41) is 17.9. The van der Waals surface area contributed by atoms with E-state index in [-0.39, 0.29) is 19.1 Å². The summed E-state index contributed by atoms with van der Waals surface area (Å²) in [6.07, 6.45) is 1.03. The molecule has 3 N–H and O–H groups in total. The second kappa shape index (κ2) is 9.70. The maximum atomic E-state index is 12.6. The number of aliphatic hydroxyl groups excluding tert-OH is 1. The molecule has 2 aromatic rings. The fourth-order valence-electron chi connectivity index (χ4n) is 2.75. The zero-order chi connectivity index (χ0) is 18.9. The van der Waals surface area contributed by atoms with Crippen molar-refractivity contribution in [2.24, 2.45) is 0 Å². The highest BCUT2D eigenvalue weighted by Gasteiger charge is 2.14. The largest absolute Gasteiger partial charge is 0.395 e. The van der Waals surface area contributed by atoms with Crippen molar-refractivity contribution in [2.45, 2.75) is 26.3 Å². The number of hydroxylamine groups is 1. The Morgan fingerprint density at radius 1 is 1.08 bits per heavy atom. The van der Waals surface area contributed by atoms with Gasteiger partial charge in [0.05, 0.1) is 6.61 Å². The Morgan fingerprint density at radius 3 is 2.38 bits per heavy atom. The van der Waals surface area contributed by atoms with E-state index in [1.807, 2.05) is 31.2 Å². The highest BCUT2D eigenvalue weighted by atomic mass is 16.5. The van der Waals surface area contributed by atoms with Gasteiger partial charge in [-0.1, -0.05) is 36.4 Å². The third-order valence-electron chi connectivity index (χ3n) is 4.28. The number of hydrogen-bond donors (Lipinski definition) is 3. The number of nitrogens with one attached hydrogen (secondary N) is 1. The van der Waals surface area contributed by atoms with Crippen LogP contribution >= 0.6 is 0 Å². The fraction of sp³-hybridized carbons (Fsp3) is 0.300. The fourth-order valence-corrected chi connectivity index (χ4v) is 2.75. The maximum absolute atomic E-state index is 12.6. The molecular formula is C20H24N2O4. The SMILES string of the molecule is Cc1ccccc1CCC(=O)N(CCO)Cc1ccc(C(=O)NO)cc1. The summed E-state index contributed by atoms with van der Waals surface area (Å²) < 4.78 is 0. The zero-order valence-electron chi connectivity index (χ0n) is 14.8. The lowest BCUT2D eigenvalue weighted by atomic mass is 10.0. The van der Waals surface area contributed by atoms with E-state index in [1.165, 1.54) is 0 Å². The van der Waals surface area contributed by atoms with Gasteiger partial charge in [-0.15, -0.1) is 0 Å². The molecule has 0 saturated carbocycles. The minimum absolute atomic E-state index is 0.0283. The summed E-state index contributed by atoms with van der Waals surface area (Å²) >= 11 is 0. The summed E-state index contributed by atoms with van der Waals surface area (Å²) in [6, 6.07) is 14.6. The van der Waals surface area contributed by atoms with E-state index in [0.717, 1.165) is 16.7 Å². The number of hydrogen-bond acceptors (Lipinski definition) is 4. The van der Waals surface area contributed by atoms with Crippen molar-refractivity contribution in [3.05, 3.63) is 70.8 Å². The first-order valence-electron chi connectivity index (χ1n) is 8.51. The number of carbonyl (C=O) groups excluding carboxylic acids is 2. The van der Waals surface area contributed by atoms with Crippen LogP contribution in [0.5, 0.6) is 0 Å².